The first-order chi connectivity index (χ1) is 5.54. The first kappa shape index (κ1) is 9.40. The van der Waals surface area contributed by atoms with Crippen molar-refractivity contribution in [2.75, 3.05) is 6.61 Å². The lowest BCUT2D eigenvalue weighted by Crippen LogP contribution is -2.55. The van der Waals surface area contributed by atoms with E-state index in [4.69, 9.17) is 20.4 Å². The van der Waals surface area contributed by atoms with E-state index >= 15 is 0 Å². The van der Waals surface area contributed by atoms with E-state index in [1.807, 2.05) is 0 Å². The second-order valence-electron chi connectivity index (χ2n) is 2.64. The normalized spacial score (nSPS) is 42.6. The van der Waals surface area contributed by atoms with Gasteiger partial charge in [0.2, 0.25) is 0 Å². The summed E-state index contributed by atoms with van der Waals surface area (Å²) < 4.78 is 4.57. The minimum Gasteiger partial charge on any atom is -0.479 e. The maximum absolute atomic E-state index is 10.3. The summed E-state index contributed by atoms with van der Waals surface area (Å²) in [7, 11) is 0. The van der Waals surface area contributed by atoms with Crippen molar-refractivity contribution in [1.29, 1.82) is 0 Å². The van der Waals surface area contributed by atoms with Crippen LogP contribution in [0.1, 0.15) is 0 Å². The molecule has 6 heteroatoms. The summed E-state index contributed by atoms with van der Waals surface area (Å²) in [6.07, 6.45) is -5.72. The van der Waals surface area contributed by atoms with Crippen molar-refractivity contribution in [3.63, 3.8) is 0 Å². The molecule has 0 spiro atoms. The molecular weight excluding hydrogens is 168 g/mol. The number of rotatable bonds is 1. The number of aliphatic carboxylic acids is 1. The van der Waals surface area contributed by atoms with Crippen LogP contribution in [0.25, 0.3) is 0 Å². The Bertz CT molecular complexity index is 181. The van der Waals surface area contributed by atoms with Crippen LogP contribution in [0.5, 0.6) is 0 Å². The Hall–Kier alpha value is -0.690. The summed E-state index contributed by atoms with van der Waals surface area (Å²) in [6.45, 7) is -0.283. The molecule has 1 heterocycles. The van der Waals surface area contributed by atoms with Crippen molar-refractivity contribution in [1.82, 2.24) is 0 Å². The van der Waals surface area contributed by atoms with Gasteiger partial charge in [0, 0.05) is 0 Å². The average Bonchev–Trinajstić information content (AvgIpc) is 2.00. The molecular formula is C6H10O6. The van der Waals surface area contributed by atoms with Crippen LogP contribution in [-0.2, 0) is 9.53 Å². The standard InChI is InChI=1S/C6H10O6/c7-2-1-12-5(6(10)11)4(9)3(2)8/h2-5,7-9H,1H2,(H,10,11)/t2-,3+,4-,5-/m1/s1. The molecule has 4 atom stereocenters. The van der Waals surface area contributed by atoms with Crippen molar-refractivity contribution >= 4 is 5.97 Å². The zero-order valence-corrected chi connectivity index (χ0v) is 6.12. The molecule has 12 heavy (non-hydrogen) atoms. The second kappa shape index (κ2) is 3.36. The third-order valence-corrected chi connectivity index (χ3v) is 1.74. The molecule has 4 N–H and O–H groups in total. The van der Waals surface area contributed by atoms with Gasteiger partial charge >= 0.3 is 5.97 Å². The van der Waals surface area contributed by atoms with Gasteiger partial charge < -0.3 is 25.2 Å². The van der Waals surface area contributed by atoms with Gasteiger partial charge in [-0.25, -0.2) is 4.79 Å². The Morgan fingerprint density at radius 1 is 1.25 bits per heavy atom. The van der Waals surface area contributed by atoms with Gasteiger partial charge in [-0.2, -0.15) is 0 Å². The largest absolute Gasteiger partial charge is 0.479 e. The molecule has 0 saturated carbocycles. The van der Waals surface area contributed by atoms with Gasteiger partial charge in [-0.3, -0.25) is 0 Å². The molecule has 1 fully saturated rings. The van der Waals surface area contributed by atoms with Crippen LogP contribution >= 0.6 is 0 Å². The van der Waals surface area contributed by atoms with E-state index in [0.29, 0.717) is 0 Å². The Kier molecular flexibility index (Phi) is 2.63. The molecule has 0 amide bonds. The third-order valence-electron chi connectivity index (χ3n) is 1.74. The van der Waals surface area contributed by atoms with E-state index in [9.17, 15) is 4.79 Å². The number of hydrogen-bond donors (Lipinski definition) is 4. The number of carbonyl (C=O) groups is 1. The quantitative estimate of drug-likeness (QED) is 0.355. The SMILES string of the molecule is O=C(O)[C@@H]1OC[C@@H](O)[C@H](O)[C@H]1O. The number of hydrogen-bond acceptors (Lipinski definition) is 5. The van der Waals surface area contributed by atoms with Gasteiger partial charge in [0.15, 0.2) is 6.10 Å². The van der Waals surface area contributed by atoms with Crippen LogP contribution in [0.4, 0.5) is 0 Å². The summed E-state index contributed by atoms with van der Waals surface area (Å²) in [5.41, 5.74) is 0. The molecule has 1 aliphatic rings. The fraction of sp³-hybridized carbons (Fsp3) is 0.833. The van der Waals surface area contributed by atoms with E-state index in [0.717, 1.165) is 0 Å². The zero-order valence-electron chi connectivity index (χ0n) is 6.12. The smallest absolute Gasteiger partial charge is 0.335 e. The molecule has 0 unspecified atom stereocenters. The fourth-order valence-electron chi connectivity index (χ4n) is 1.02. The summed E-state index contributed by atoms with van der Waals surface area (Å²) in [5.74, 6) is -1.35. The van der Waals surface area contributed by atoms with Crippen LogP contribution < -0.4 is 0 Å². The van der Waals surface area contributed by atoms with Gasteiger partial charge in [-0.1, -0.05) is 0 Å². The summed E-state index contributed by atoms with van der Waals surface area (Å²) in [6, 6.07) is 0. The first-order valence-corrected chi connectivity index (χ1v) is 3.42. The Labute approximate surface area is 68.0 Å². The van der Waals surface area contributed by atoms with Crippen molar-refractivity contribution < 1.29 is 30.0 Å². The third kappa shape index (κ3) is 1.56. The highest BCUT2D eigenvalue weighted by atomic mass is 16.5. The Morgan fingerprint density at radius 3 is 2.33 bits per heavy atom. The molecule has 1 rings (SSSR count). The number of aliphatic hydroxyl groups is 3. The molecule has 0 aromatic carbocycles. The van der Waals surface area contributed by atoms with E-state index in [2.05, 4.69) is 4.74 Å². The molecule has 1 aliphatic heterocycles. The monoisotopic (exact) mass is 178 g/mol. The van der Waals surface area contributed by atoms with Crippen molar-refractivity contribution in [2.45, 2.75) is 24.4 Å². The lowest BCUT2D eigenvalue weighted by molar-refractivity contribution is -0.201. The van der Waals surface area contributed by atoms with Crippen LogP contribution in [0.3, 0.4) is 0 Å². The van der Waals surface area contributed by atoms with Gasteiger partial charge in [0.05, 0.1) is 6.61 Å². The van der Waals surface area contributed by atoms with E-state index < -0.39 is 30.4 Å². The van der Waals surface area contributed by atoms with Crippen LogP contribution in [-0.4, -0.2) is 57.4 Å². The van der Waals surface area contributed by atoms with E-state index in [1.54, 1.807) is 0 Å². The molecule has 6 nitrogen and oxygen atoms in total. The van der Waals surface area contributed by atoms with Crippen LogP contribution in [0.2, 0.25) is 0 Å². The Morgan fingerprint density at radius 2 is 1.83 bits per heavy atom. The summed E-state index contributed by atoms with van der Waals surface area (Å²) in [5, 5.41) is 35.4. The number of carboxylic acids is 1. The molecule has 70 valence electrons. The number of carboxylic acid groups (broad SMARTS) is 1. The predicted molar refractivity (Wildman–Crippen MR) is 35.4 cm³/mol. The van der Waals surface area contributed by atoms with Crippen molar-refractivity contribution in [3.8, 4) is 0 Å². The highest BCUT2D eigenvalue weighted by molar-refractivity contribution is 5.73. The molecule has 0 aromatic heterocycles. The number of aliphatic hydroxyl groups excluding tert-OH is 3. The molecule has 0 radical (unpaired) electrons. The second-order valence-corrected chi connectivity index (χ2v) is 2.64. The number of ether oxygens (including phenoxy) is 1. The molecule has 0 aromatic rings. The topological polar surface area (TPSA) is 107 Å². The minimum absolute atomic E-state index is 0.283. The molecule has 0 aliphatic carbocycles. The van der Waals surface area contributed by atoms with Crippen LogP contribution in [0.15, 0.2) is 0 Å². The minimum atomic E-state index is -1.58. The lowest BCUT2D eigenvalue weighted by Gasteiger charge is -2.32. The fourth-order valence-corrected chi connectivity index (χ4v) is 1.02. The Balaban J connectivity index is 2.65. The summed E-state index contributed by atoms with van der Waals surface area (Å²) >= 11 is 0. The predicted octanol–water partition coefficient (Wildman–Crippen LogP) is -2.45. The maximum Gasteiger partial charge on any atom is 0.335 e. The zero-order chi connectivity index (χ0) is 9.30. The molecule has 0 bridgehead atoms. The van der Waals surface area contributed by atoms with Gasteiger partial charge in [-0.05, 0) is 0 Å². The lowest BCUT2D eigenvalue weighted by atomic mass is 10.0. The van der Waals surface area contributed by atoms with E-state index in [1.165, 1.54) is 0 Å². The van der Waals surface area contributed by atoms with Crippen molar-refractivity contribution in [2.24, 2.45) is 0 Å². The maximum atomic E-state index is 10.3. The van der Waals surface area contributed by atoms with Crippen LogP contribution in [0, 0.1) is 0 Å². The van der Waals surface area contributed by atoms with Gasteiger partial charge in [0.1, 0.15) is 18.3 Å². The first-order valence-electron chi connectivity index (χ1n) is 3.42. The van der Waals surface area contributed by atoms with Crippen molar-refractivity contribution in [3.05, 3.63) is 0 Å². The van der Waals surface area contributed by atoms with Gasteiger partial charge in [0.25, 0.3) is 0 Å². The highest BCUT2D eigenvalue weighted by Crippen LogP contribution is 2.15. The highest BCUT2D eigenvalue weighted by Gasteiger charge is 2.41. The summed E-state index contributed by atoms with van der Waals surface area (Å²) in [4.78, 5) is 10.3. The van der Waals surface area contributed by atoms with Gasteiger partial charge in [-0.15, -0.1) is 0 Å². The average molecular weight is 178 g/mol. The van der Waals surface area contributed by atoms with E-state index in [-0.39, 0.29) is 6.61 Å². The molecule has 1 saturated heterocycles.